The predicted molar refractivity (Wildman–Crippen MR) is 41.9 cm³/mol. The molecule has 0 aliphatic heterocycles. The molecule has 0 amide bonds. The van der Waals surface area contributed by atoms with Crippen molar-refractivity contribution in [3.8, 4) is 0 Å². The molecule has 0 radical (unpaired) electrons. The number of hydrazine groups is 1. The number of halogens is 1. The molecule has 0 aromatic carbocycles. The molecule has 0 aromatic rings. The zero-order valence-electron chi connectivity index (χ0n) is 4.51. The highest BCUT2D eigenvalue weighted by atomic mass is 79.9. The molecule has 5 heteroatoms. The summed E-state index contributed by atoms with van der Waals surface area (Å²) < 4.78 is 4.69. The molecular weight excluding hydrogens is 192 g/mol. The Bertz CT molecular complexity index is 70.3. The van der Waals surface area contributed by atoms with Gasteiger partial charge in [0.1, 0.15) is 0 Å². The Morgan fingerprint density at radius 3 is 2.50 bits per heavy atom. The zero-order valence-corrected chi connectivity index (χ0v) is 7.04. The van der Waals surface area contributed by atoms with Gasteiger partial charge in [0.15, 0.2) is 0 Å². The first-order valence-corrected chi connectivity index (χ1v) is 2.35. The summed E-state index contributed by atoms with van der Waals surface area (Å²) >= 11 is 4.50. The van der Waals surface area contributed by atoms with Crippen LogP contribution in [-0.4, -0.2) is 11.8 Å². The molecule has 0 saturated carbocycles. The summed E-state index contributed by atoms with van der Waals surface area (Å²) in [5, 5.41) is 0.238. The quantitative estimate of drug-likeness (QED) is 0.365. The Balaban J connectivity index is 0. The number of thiocarbonyl (C=S) groups is 1. The topological polar surface area (TPSA) is 47.3 Å². The van der Waals surface area contributed by atoms with Crippen molar-refractivity contribution in [3.63, 3.8) is 0 Å². The van der Waals surface area contributed by atoms with Crippen molar-refractivity contribution in [1.82, 2.24) is 5.43 Å². The van der Waals surface area contributed by atoms with E-state index in [9.17, 15) is 0 Å². The van der Waals surface area contributed by atoms with Gasteiger partial charge in [0.2, 0.25) is 0 Å². The van der Waals surface area contributed by atoms with Crippen molar-refractivity contribution in [2.24, 2.45) is 5.84 Å². The maximum absolute atomic E-state index is 4.84. The van der Waals surface area contributed by atoms with Crippen molar-refractivity contribution in [2.45, 2.75) is 6.92 Å². The lowest BCUT2D eigenvalue weighted by molar-refractivity contribution is 0.321. The van der Waals surface area contributed by atoms with E-state index in [1.165, 1.54) is 0 Å². The van der Waals surface area contributed by atoms with E-state index >= 15 is 0 Å². The number of nitrogens with one attached hydrogen (secondary N) is 1. The second-order valence-electron chi connectivity index (χ2n) is 0.865. The molecule has 0 aromatic heterocycles. The predicted octanol–water partition coefficient (Wildman–Crippen LogP) is 0.349. The van der Waals surface area contributed by atoms with Crippen LogP contribution in [0.2, 0.25) is 0 Å². The van der Waals surface area contributed by atoms with Crippen LogP contribution < -0.4 is 11.3 Å². The van der Waals surface area contributed by atoms with Crippen LogP contribution in [0.25, 0.3) is 0 Å². The maximum Gasteiger partial charge on any atom is 0.271 e. The van der Waals surface area contributed by atoms with E-state index in [4.69, 9.17) is 5.84 Å². The third-order valence-electron chi connectivity index (χ3n) is 0.393. The SMILES string of the molecule is Br.CCOC(=S)NN. The summed E-state index contributed by atoms with van der Waals surface area (Å²) in [5.74, 6) is 4.84. The van der Waals surface area contributed by atoms with Crippen LogP contribution in [0.1, 0.15) is 6.92 Å². The van der Waals surface area contributed by atoms with E-state index in [1.54, 1.807) is 0 Å². The van der Waals surface area contributed by atoms with Crippen molar-refractivity contribution >= 4 is 34.4 Å². The normalized spacial score (nSPS) is 6.75. The first-order valence-electron chi connectivity index (χ1n) is 1.94. The highest BCUT2D eigenvalue weighted by Gasteiger charge is 1.83. The third-order valence-corrected chi connectivity index (χ3v) is 0.629. The Morgan fingerprint density at radius 2 is 2.38 bits per heavy atom. The molecule has 0 heterocycles. The Labute approximate surface area is 64.3 Å². The number of ether oxygens (including phenoxy) is 1. The van der Waals surface area contributed by atoms with Crippen LogP contribution in [0.3, 0.4) is 0 Å². The highest BCUT2D eigenvalue weighted by molar-refractivity contribution is 8.93. The van der Waals surface area contributed by atoms with Gasteiger partial charge in [-0.15, -0.1) is 17.0 Å². The summed E-state index contributed by atoms with van der Waals surface area (Å²) in [7, 11) is 0. The van der Waals surface area contributed by atoms with E-state index in [0.29, 0.717) is 6.61 Å². The largest absolute Gasteiger partial charge is 0.470 e. The molecule has 0 unspecified atom stereocenters. The van der Waals surface area contributed by atoms with Crippen LogP contribution in [0, 0.1) is 0 Å². The van der Waals surface area contributed by atoms with E-state index in [1.807, 2.05) is 6.92 Å². The molecular formula is C3H9BrN2OS. The summed E-state index contributed by atoms with van der Waals surface area (Å²) in [6.07, 6.45) is 0. The first kappa shape index (κ1) is 11.0. The van der Waals surface area contributed by atoms with Gasteiger partial charge < -0.3 is 4.74 Å². The minimum Gasteiger partial charge on any atom is -0.470 e. The maximum atomic E-state index is 4.84. The van der Waals surface area contributed by atoms with E-state index < -0.39 is 0 Å². The molecule has 0 aliphatic carbocycles. The van der Waals surface area contributed by atoms with E-state index in [0.717, 1.165) is 0 Å². The summed E-state index contributed by atoms with van der Waals surface area (Å²) in [6, 6.07) is 0. The Morgan fingerprint density at radius 1 is 1.88 bits per heavy atom. The average Bonchev–Trinajstić information content (AvgIpc) is 1.68. The van der Waals surface area contributed by atoms with E-state index in [2.05, 4.69) is 22.4 Å². The average molecular weight is 201 g/mol. The smallest absolute Gasteiger partial charge is 0.271 e. The molecule has 3 nitrogen and oxygen atoms in total. The minimum atomic E-state index is 0. The molecule has 0 spiro atoms. The molecule has 50 valence electrons. The molecule has 0 atom stereocenters. The van der Waals surface area contributed by atoms with Crippen molar-refractivity contribution in [1.29, 1.82) is 0 Å². The molecule has 0 fully saturated rings. The van der Waals surface area contributed by atoms with Crippen LogP contribution in [-0.2, 0) is 4.74 Å². The fourth-order valence-electron chi connectivity index (χ4n) is 0.173. The minimum absolute atomic E-state index is 0. The van der Waals surface area contributed by atoms with E-state index in [-0.39, 0.29) is 22.2 Å². The van der Waals surface area contributed by atoms with Gasteiger partial charge in [-0.2, -0.15) is 0 Å². The number of rotatable bonds is 1. The van der Waals surface area contributed by atoms with Gasteiger partial charge in [0.05, 0.1) is 6.61 Å². The Hall–Kier alpha value is 0.130. The fourth-order valence-corrected chi connectivity index (χ4v) is 0.291. The standard InChI is InChI=1S/C3H8N2OS.BrH/c1-2-6-3(7)5-4;/h2,4H2,1H3,(H,5,7);1H. The number of nitrogens with two attached hydrogens (primary N) is 1. The number of hydrogen-bond donors (Lipinski definition) is 2. The first-order chi connectivity index (χ1) is 3.31. The highest BCUT2D eigenvalue weighted by Crippen LogP contribution is 1.71. The lowest BCUT2D eigenvalue weighted by Gasteiger charge is -1.99. The van der Waals surface area contributed by atoms with Crippen LogP contribution in [0.5, 0.6) is 0 Å². The third kappa shape index (κ3) is 6.13. The van der Waals surface area contributed by atoms with Crippen molar-refractivity contribution < 1.29 is 4.74 Å². The van der Waals surface area contributed by atoms with Crippen LogP contribution in [0.4, 0.5) is 0 Å². The van der Waals surface area contributed by atoms with Crippen molar-refractivity contribution in [3.05, 3.63) is 0 Å². The molecule has 8 heavy (non-hydrogen) atoms. The fraction of sp³-hybridized carbons (Fsp3) is 0.667. The Kier molecular flexibility index (Phi) is 9.80. The van der Waals surface area contributed by atoms with Gasteiger partial charge in [-0.1, -0.05) is 0 Å². The monoisotopic (exact) mass is 200 g/mol. The van der Waals surface area contributed by atoms with Crippen LogP contribution in [0.15, 0.2) is 0 Å². The lowest BCUT2D eigenvalue weighted by atomic mass is 10.9. The number of hydrogen-bond acceptors (Lipinski definition) is 3. The summed E-state index contributed by atoms with van der Waals surface area (Å²) in [4.78, 5) is 0. The zero-order chi connectivity index (χ0) is 5.70. The van der Waals surface area contributed by atoms with Gasteiger partial charge in [0, 0.05) is 0 Å². The summed E-state index contributed by atoms with van der Waals surface area (Å²) in [5.41, 5.74) is 2.18. The molecule has 0 bridgehead atoms. The molecule has 0 rings (SSSR count). The molecule has 3 N–H and O–H groups in total. The van der Waals surface area contributed by atoms with Crippen molar-refractivity contribution in [2.75, 3.05) is 6.61 Å². The van der Waals surface area contributed by atoms with Gasteiger partial charge >= 0.3 is 0 Å². The van der Waals surface area contributed by atoms with Gasteiger partial charge in [-0.05, 0) is 19.1 Å². The van der Waals surface area contributed by atoms with Gasteiger partial charge in [0.25, 0.3) is 5.17 Å². The molecule has 0 aliphatic rings. The molecule has 0 saturated heterocycles. The lowest BCUT2D eigenvalue weighted by Crippen LogP contribution is -2.30. The second kappa shape index (κ2) is 7.13. The van der Waals surface area contributed by atoms with Gasteiger partial charge in [-0.25, -0.2) is 5.84 Å². The van der Waals surface area contributed by atoms with Gasteiger partial charge in [-0.3, -0.25) is 5.43 Å². The summed E-state index contributed by atoms with van der Waals surface area (Å²) in [6.45, 7) is 2.40. The second-order valence-corrected chi connectivity index (χ2v) is 1.24. The van der Waals surface area contributed by atoms with Crippen LogP contribution >= 0.6 is 29.2 Å².